The van der Waals surface area contributed by atoms with E-state index in [1.165, 1.54) is 38.5 Å². The van der Waals surface area contributed by atoms with Crippen molar-refractivity contribution in [3.63, 3.8) is 0 Å². The molecule has 2 nitrogen and oxygen atoms in total. The number of halogens is 2. The molecular formula is C14H20Cl2N2. The maximum absolute atomic E-state index is 6.13. The van der Waals surface area contributed by atoms with E-state index >= 15 is 0 Å². The third-order valence-corrected chi connectivity index (χ3v) is 4.24. The molecule has 3 N–H and O–H groups in total. The van der Waals surface area contributed by atoms with E-state index in [-0.39, 0.29) is 0 Å². The number of nitrogen functional groups attached to an aromatic ring is 1. The fraction of sp³-hybridized carbons (Fsp3) is 0.571. The summed E-state index contributed by atoms with van der Waals surface area (Å²) in [7, 11) is 0. The van der Waals surface area contributed by atoms with Crippen molar-refractivity contribution in [3.8, 4) is 0 Å². The lowest BCUT2D eigenvalue weighted by Crippen LogP contribution is -2.12. The number of anilines is 2. The van der Waals surface area contributed by atoms with Crippen molar-refractivity contribution in [2.45, 2.75) is 38.5 Å². The van der Waals surface area contributed by atoms with Gasteiger partial charge in [-0.25, -0.2) is 0 Å². The standard InChI is InChI=1S/C14H20Cl2N2/c15-12-8-11(17)9-13(16)14(12)18-7-6-10-4-2-1-3-5-10/h8-10,18H,1-7,17H2. The van der Waals surface area contributed by atoms with Gasteiger partial charge in [0.1, 0.15) is 0 Å². The van der Waals surface area contributed by atoms with Gasteiger partial charge in [0.2, 0.25) is 0 Å². The van der Waals surface area contributed by atoms with E-state index in [0.717, 1.165) is 18.2 Å². The van der Waals surface area contributed by atoms with Gasteiger partial charge < -0.3 is 11.1 Å². The maximum atomic E-state index is 6.13. The van der Waals surface area contributed by atoms with Crippen LogP contribution in [0.4, 0.5) is 11.4 Å². The number of nitrogens with two attached hydrogens (primary N) is 1. The largest absolute Gasteiger partial charge is 0.399 e. The Hall–Kier alpha value is -0.600. The van der Waals surface area contributed by atoms with E-state index in [2.05, 4.69) is 5.32 Å². The second kappa shape index (κ2) is 6.53. The van der Waals surface area contributed by atoms with Crippen LogP contribution in [0, 0.1) is 5.92 Å². The molecule has 1 aliphatic rings. The first-order valence-corrected chi connectivity index (χ1v) is 7.41. The summed E-state index contributed by atoms with van der Waals surface area (Å²) < 4.78 is 0. The monoisotopic (exact) mass is 286 g/mol. The average molecular weight is 287 g/mol. The highest BCUT2D eigenvalue weighted by Gasteiger charge is 2.13. The van der Waals surface area contributed by atoms with Crippen molar-refractivity contribution < 1.29 is 0 Å². The molecule has 1 saturated carbocycles. The fourth-order valence-electron chi connectivity index (χ4n) is 2.64. The molecule has 0 radical (unpaired) electrons. The Morgan fingerprint density at radius 2 is 1.72 bits per heavy atom. The Balaban J connectivity index is 1.86. The van der Waals surface area contributed by atoms with Crippen LogP contribution in [0.3, 0.4) is 0 Å². The molecule has 2 rings (SSSR count). The van der Waals surface area contributed by atoms with E-state index < -0.39 is 0 Å². The number of nitrogens with one attached hydrogen (secondary N) is 1. The normalized spacial score (nSPS) is 16.8. The molecule has 0 unspecified atom stereocenters. The highest BCUT2D eigenvalue weighted by molar-refractivity contribution is 6.39. The Kier molecular flexibility index (Phi) is 5.02. The van der Waals surface area contributed by atoms with Crippen LogP contribution in [-0.4, -0.2) is 6.54 Å². The van der Waals surface area contributed by atoms with Gasteiger partial charge in [-0.3, -0.25) is 0 Å². The number of hydrogen-bond donors (Lipinski definition) is 2. The van der Waals surface area contributed by atoms with Gasteiger partial charge >= 0.3 is 0 Å². The van der Waals surface area contributed by atoms with Crippen molar-refractivity contribution in [3.05, 3.63) is 22.2 Å². The molecule has 1 fully saturated rings. The Morgan fingerprint density at radius 3 is 2.33 bits per heavy atom. The van der Waals surface area contributed by atoms with Crippen molar-refractivity contribution in [1.82, 2.24) is 0 Å². The van der Waals surface area contributed by atoms with Crippen molar-refractivity contribution >= 4 is 34.6 Å². The van der Waals surface area contributed by atoms with Crippen molar-refractivity contribution in [2.75, 3.05) is 17.6 Å². The molecule has 0 heterocycles. The second-order valence-electron chi connectivity index (χ2n) is 5.08. The van der Waals surface area contributed by atoms with Crippen LogP contribution in [0.5, 0.6) is 0 Å². The molecule has 1 aliphatic carbocycles. The summed E-state index contributed by atoms with van der Waals surface area (Å²) in [5.41, 5.74) is 7.09. The minimum absolute atomic E-state index is 0.600. The van der Waals surface area contributed by atoms with Gasteiger partial charge in [0.05, 0.1) is 15.7 Å². The summed E-state index contributed by atoms with van der Waals surface area (Å²) in [6.45, 7) is 0.925. The molecule has 0 saturated heterocycles. The molecule has 4 heteroatoms. The zero-order valence-corrected chi connectivity index (χ0v) is 12.0. The second-order valence-corrected chi connectivity index (χ2v) is 5.89. The minimum Gasteiger partial charge on any atom is -0.399 e. The summed E-state index contributed by atoms with van der Waals surface area (Å²) >= 11 is 12.3. The first-order chi connectivity index (χ1) is 8.66. The molecule has 100 valence electrons. The van der Waals surface area contributed by atoms with Gasteiger partial charge in [-0.05, 0) is 24.5 Å². The topological polar surface area (TPSA) is 38.0 Å². The number of hydrogen-bond acceptors (Lipinski definition) is 2. The molecule has 0 amide bonds. The van der Waals surface area contributed by atoms with Crippen LogP contribution in [0.1, 0.15) is 38.5 Å². The number of rotatable bonds is 4. The molecule has 0 bridgehead atoms. The molecule has 0 aromatic heterocycles. The lowest BCUT2D eigenvalue weighted by Gasteiger charge is -2.22. The molecular weight excluding hydrogens is 267 g/mol. The molecule has 1 aromatic carbocycles. The van der Waals surface area contributed by atoms with Crippen LogP contribution < -0.4 is 11.1 Å². The van der Waals surface area contributed by atoms with Gasteiger partial charge in [-0.2, -0.15) is 0 Å². The van der Waals surface area contributed by atoms with Crippen LogP contribution in [0.15, 0.2) is 12.1 Å². The summed E-state index contributed by atoms with van der Waals surface area (Å²) in [4.78, 5) is 0. The molecule has 1 aromatic rings. The third-order valence-electron chi connectivity index (χ3n) is 3.64. The van der Waals surface area contributed by atoms with Gasteiger partial charge in [0.15, 0.2) is 0 Å². The van der Waals surface area contributed by atoms with Gasteiger partial charge in [0, 0.05) is 12.2 Å². The van der Waals surface area contributed by atoms with E-state index in [1.807, 2.05) is 0 Å². The van der Waals surface area contributed by atoms with Crippen molar-refractivity contribution in [2.24, 2.45) is 5.92 Å². The average Bonchev–Trinajstić information content (AvgIpc) is 2.34. The Labute approximate surface area is 119 Å². The van der Waals surface area contributed by atoms with Gasteiger partial charge in [-0.1, -0.05) is 55.3 Å². The van der Waals surface area contributed by atoms with Crippen LogP contribution >= 0.6 is 23.2 Å². The Morgan fingerprint density at radius 1 is 1.11 bits per heavy atom. The predicted molar refractivity (Wildman–Crippen MR) is 80.6 cm³/mol. The summed E-state index contributed by atoms with van der Waals surface area (Å²) in [6.07, 6.45) is 8.09. The number of benzene rings is 1. The SMILES string of the molecule is Nc1cc(Cl)c(NCCC2CCCCC2)c(Cl)c1. The Bertz CT molecular complexity index is 378. The van der Waals surface area contributed by atoms with Gasteiger partial charge in [-0.15, -0.1) is 0 Å². The zero-order chi connectivity index (χ0) is 13.0. The van der Waals surface area contributed by atoms with Gasteiger partial charge in [0.25, 0.3) is 0 Å². The molecule has 0 aliphatic heterocycles. The quantitative estimate of drug-likeness (QED) is 0.768. The first kappa shape index (κ1) is 13.8. The predicted octanol–water partition coefficient (Wildman–Crippen LogP) is 4.96. The van der Waals surface area contributed by atoms with Crippen LogP contribution in [-0.2, 0) is 0 Å². The third kappa shape index (κ3) is 3.69. The smallest absolute Gasteiger partial charge is 0.0720 e. The van der Waals surface area contributed by atoms with Crippen LogP contribution in [0.2, 0.25) is 10.0 Å². The maximum Gasteiger partial charge on any atom is 0.0720 e. The highest BCUT2D eigenvalue weighted by Crippen LogP contribution is 2.33. The van der Waals surface area contributed by atoms with Crippen molar-refractivity contribution in [1.29, 1.82) is 0 Å². The van der Waals surface area contributed by atoms with E-state index in [4.69, 9.17) is 28.9 Å². The van der Waals surface area contributed by atoms with E-state index in [9.17, 15) is 0 Å². The molecule has 0 spiro atoms. The molecule has 0 atom stereocenters. The summed E-state index contributed by atoms with van der Waals surface area (Å²) in [5, 5.41) is 4.54. The fourth-order valence-corrected chi connectivity index (χ4v) is 3.28. The lowest BCUT2D eigenvalue weighted by atomic mass is 9.87. The summed E-state index contributed by atoms with van der Waals surface area (Å²) in [6, 6.07) is 3.47. The van der Waals surface area contributed by atoms with E-state index in [1.54, 1.807) is 12.1 Å². The first-order valence-electron chi connectivity index (χ1n) is 6.65. The molecule has 18 heavy (non-hydrogen) atoms. The minimum atomic E-state index is 0.600. The zero-order valence-electron chi connectivity index (χ0n) is 10.5. The van der Waals surface area contributed by atoms with E-state index in [0.29, 0.717) is 15.7 Å². The lowest BCUT2D eigenvalue weighted by molar-refractivity contribution is 0.345. The van der Waals surface area contributed by atoms with Crippen LogP contribution in [0.25, 0.3) is 0 Å². The summed E-state index contributed by atoms with van der Waals surface area (Å²) in [5.74, 6) is 0.859. The highest BCUT2D eigenvalue weighted by atomic mass is 35.5.